The van der Waals surface area contributed by atoms with Crippen LogP contribution in [-0.4, -0.2) is 27.7 Å². The summed E-state index contributed by atoms with van der Waals surface area (Å²) in [6.07, 6.45) is 0. The molecule has 126 valence electrons. The molecule has 0 saturated carbocycles. The fourth-order valence-electron chi connectivity index (χ4n) is 2.40. The zero-order valence-corrected chi connectivity index (χ0v) is 15.8. The molecule has 1 N–H and O–H groups in total. The monoisotopic (exact) mass is 403 g/mol. The second-order valence-electron chi connectivity index (χ2n) is 5.48. The van der Waals surface area contributed by atoms with Crippen LogP contribution < -0.4 is 14.4 Å². The van der Waals surface area contributed by atoms with Gasteiger partial charge in [-0.05, 0) is 0 Å². The number of para-hydroxylation sites is 1. The Balaban J connectivity index is 1.94. The van der Waals surface area contributed by atoms with Crippen molar-refractivity contribution in [3.8, 4) is 28.8 Å². The number of benzene rings is 2. The second kappa shape index (κ2) is 7.86. The van der Waals surface area contributed by atoms with Crippen LogP contribution in [0.1, 0.15) is 12.5 Å². The first kappa shape index (κ1) is 17.7. The third-order valence-corrected chi connectivity index (χ3v) is 4.26. The average molecular weight is 403 g/mol. The van der Waals surface area contributed by atoms with Crippen molar-refractivity contribution in [2.75, 3.05) is 5.32 Å². The Bertz CT molecular complexity index is 980. The molecule has 2 aromatic carbocycles. The Morgan fingerprint density at radius 2 is 1.77 bits per heavy atom. The van der Waals surface area contributed by atoms with E-state index >= 15 is 0 Å². The molecule has 26 heavy (non-hydrogen) atoms. The van der Waals surface area contributed by atoms with Crippen LogP contribution in [0.4, 0.5) is 5.82 Å². The van der Waals surface area contributed by atoms with Crippen molar-refractivity contribution >= 4 is 32.9 Å². The minimum absolute atomic E-state index is 0.216. The summed E-state index contributed by atoms with van der Waals surface area (Å²) in [6.45, 7) is 1.42. The number of hydrogen-bond acceptors (Lipinski definition) is 4. The molecule has 1 heterocycles. The van der Waals surface area contributed by atoms with Crippen molar-refractivity contribution in [1.29, 1.82) is 5.26 Å². The van der Waals surface area contributed by atoms with Crippen molar-refractivity contribution in [1.82, 2.24) is 4.98 Å². The van der Waals surface area contributed by atoms with E-state index in [4.69, 9.17) is 4.74 Å². The van der Waals surface area contributed by atoms with Crippen molar-refractivity contribution in [2.24, 2.45) is 0 Å². The van der Waals surface area contributed by atoms with Gasteiger partial charge in [0.25, 0.3) is 0 Å². The maximum atomic E-state index is 11.3. The third kappa shape index (κ3) is 4.11. The number of aromatic nitrogens is 1. The van der Waals surface area contributed by atoms with Crippen molar-refractivity contribution in [3.05, 3.63) is 66.2 Å². The summed E-state index contributed by atoms with van der Waals surface area (Å²) in [7, 11) is 0. The van der Waals surface area contributed by atoms with Crippen LogP contribution in [0.15, 0.2) is 60.7 Å². The molecule has 5 nitrogen and oxygen atoms in total. The van der Waals surface area contributed by atoms with Crippen LogP contribution in [0.5, 0.6) is 11.5 Å². The van der Waals surface area contributed by atoms with Crippen LogP contribution in [-0.2, 0) is 4.79 Å². The fourth-order valence-corrected chi connectivity index (χ4v) is 2.98. The van der Waals surface area contributed by atoms with E-state index in [1.165, 1.54) is 6.92 Å². The van der Waals surface area contributed by atoms with Gasteiger partial charge in [0.05, 0.1) is 0 Å². The Labute approximate surface area is 160 Å². The molecule has 0 aliphatic carbocycles. The molecule has 0 saturated heterocycles. The predicted octanol–water partition coefficient (Wildman–Crippen LogP) is 3.16. The first-order chi connectivity index (χ1) is 12.6. The van der Waals surface area contributed by atoms with Gasteiger partial charge in [-0.25, -0.2) is 0 Å². The number of carbonyl (C=O) groups is 1. The van der Waals surface area contributed by atoms with Crippen molar-refractivity contribution in [3.63, 3.8) is 0 Å². The van der Waals surface area contributed by atoms with Gasteiger partial charge in [0.1, 0.15) is 0 Å². The molecule has 3 rings (SSSR count). The van der Waals surface area contributed by atoms with Gasteiger partial charge >= 0.3 is 160 Å². The van der Waals surface area contributed by atoms with E-state index in [0.717, 1.165) is 11.3 Å². The number of anilines is 1. The third-order valence-electron chi connectivity index (χ3n) is 3.52. The van der Waals surface area contributed by atoms with Gasteiger partial charge in [0.15, 0.2) is 0 Å². The zero-order chi connectivity index (χ0) is 18.5. The fraction of sp³-hybridized carbons (Fsp3) is 0.0500. The predicted molar refractivity (Wildman–Crippen MR) is 101 cm³/mol. The summed E-state index contributed by atoms with van der Waals surface area (Å²) < 4.78 is 6.47. The van der Waals surface area contributed by atoms with Gasteiger partial charge < -0.3 is 0 Å². The van der Waals surface area contributed by atoms with Crippen molar-refractivity contribution in [2.45, 2.75) is 6.92 Å². The number of nitrogens with zero attached hydrogens (tertiary/aromatic N) is 2. The number of ether oxygens (including phenoxy) is 1. The van der Waals surface area contributed by atoms with E-state index in [0.29, 0.717) is 27.2 Å². The SMILES string of the molecule is CC(=O)Nc1cc([As])c(C#N)c(-c2ccc(Oc3ccccc3)cc2)n1. The molecule has 0 aliphatic rings. The molecule has 0 spiro atoms. The van der Waals surface area contributed by atoms with Crippen LogP contribution in [0, 0.1) is 11.3 Å². The topological polar surface area (TPSA) is 75.0 Å². The molecule has 1 amide bonds. The molecular weight excluding hydrogens is 389 g/mol. The van der Waals surface area contributed by atoms with Gasteiger partial charge in [0, 0.05) is 0 Å². The van der Waals surface area contributed by atoms with E-state index in [2.05, 4.69) is 33.2 Å². The van der Waals surface area contributed by atoms with Crippen LogP contribution in [0.2, 0.25) is 0 Å². The number of amides is 1. The number of carbonyl (C=O) groups excluding carboxylic acids is 1. The summed E-state index contributed by atoms with van der Waals surface area (Å²) >= 11 is 2.34. The van der Waals surface area contributed by atoms with Crippen molar-refractivity contribution < 1.29 is 9.53 Å². The molecule has 3 aromatic rings. The summed E-state index contributed by atoms with van der Waals surface area (Å²) in [6, 6.07) is 20.6. The van der Waals surface area contributed by atoms with Gasteiger partial charge in [-0.15, -0.1) is 0 Å². The Hall–Kier alpha value is -3.09. The number of rotatable bonds is 4. The summed E-state index contributed by atoms with van der Waals surface area (Å²) in [5.41, 5.74) is 1.73. The van der Waals surface area contributed by atoms with Crippen LogP contribution in [0.25, 0.3) is 11.3 Å². The molecule has 6 heteroatoms. The van der Waals surface area contributed by atoms with E-state index in [-0.39, 0.29) is 5.91 Å². The second-order valence-corrected chi connectivity index (χ2v) is 6.49. The zero-order valence-electron chi connectivity index (χ0n) is 13.9. The normalized spacial score (nSPS) is 10.0. The Morgan fingerprint density at radius 1 is 1.12 bits per heavy atom. The average Bonchev–Trinajstić information content (AvgIpc) is 2.62. The molecule has 0 atom stereocenters. The van der Waals surface area contributed by atoms with Gasteiger partial charge in [0.2, 0.25) is 0 Å². The molecule has 1 aromatic heterocycles. The molecule has 0 bridgehead atoms. The minimum atomic E-state index is -0.216. The summed E-state index contributed by atoms with van der Waals surface area (Å²) in [4.78, 5) is 15.7. The molecule has 0 fully saturated rings. The van der Waals surface area contributed by atoms with Gasteiger partial charge in [-0.2, -0.15) is 0 Å². The Kier molecular flexibility index (Phi) is 5.36. The van der Waals surface area contributed by atoms with Crippen LogP contribution >= 0.6 is 0 Å². The molecule has 0 unspecified atom stereocenters. The summed E-state index contributed by atoms with van der Waals surface area (Å²) in [5, 5.41) is 12.1. The maximum absolute atomic E-state index is 11.3. The number of hydrogen-bond donors (Lipinski definition) is 1. The first-order valence-electron chi connectivity index (χ1n) is 7.82. The molecular formula is C20H14AsN3O2. The van der Waals surface area contributed by atoms with E-state index in [9.17, 15) is 10.1 Å². The first-order valence-corrected chi connectivity index (χ1v) is 8.75. The molecule has 0 aliphatic heterocycles. The standard InChI is InChI=1S/C20H14AsN3O2/c1-13(25)23-19-11-18(21)17(12-22)20(24-19)14-7-9-16(10-8-14)26-15-5-3-2-4-6-15/h2-11H,1H3,(H,23,24,25). The number of nitriles is 1. The van der Waals surface area contributed by atoms with E-state index < -0.39 is 0 Å². The number of nitrogens with one attached hydrogen (secondary N) is 1. The van der Waals surface area contributed by atoms with Gasteiger partial charge in [-0.1, -0.05) is 0 Å². The Morgan fingerprint density at radius 3 is 2.38 bits per heavy atom. The number of pyridine rings is 1. The van der Waals surface area contributed by atoms with Crippen LogP contribution in [0.3, 0.4) is 0 Å². The summed E-state index contributed by atoms with van der Waals surface area (Å²) in [5.74, 6) is 1.62. The quantitative estimate of drug-likeness (QED) is 0.680. The van der Waals surface area contributed by atoms with Gasteiger partial charge in [-0.3, -0.25) is 0 Å². The van der Waals surface area contributed by atoms with E-state index in [1.807, 2.05) is 54.6 Å². The molecule has 2 radical (unpaired) electrons. The van der Waals surface area contributed by atoms with E-state index in [1.54, 1.807) is 6.07 Å².